The van der Waals surface area contributed by atoms with Crippen LogP contribution in [0, 0.1) is 22.7 Å². The van der Waals surface area contributed by atoms with E-state index in [-0.39, 0.29) is 5.97 Å². The van der Waals surface area contributed by atoms with Crippen molar-refractivity contribution < 1.29 is 9.63 Å². The number of fused-ring (bicyclic) bond motifs is 1. The molecule has 2 aliphatic carbocycles. The zero-order valence-corrected chi connectivity index (χ0v) is 19.2. The topological polar surface area (TPSA) is 38.7 Å². The van der Waals surface area contributed by atoms with Crippen LogP contribution in [0.25, 0.3) is 0 Å². The van der Waals surface area contributed by atoms with Crippen molar-refractivity contribution >= 4 is 11.7 Å². The van der Waals surface area contributed by atoms with Gasteiger partial charge in [0.25, 0.3) is 0 Å². The zero-order valence-electron chi connectivity index (χ0n) is 19.2. The van der Waals surface area contributed by atoms with Crippen molar-refractivity contribution in [3.05, 3.63) is 23.3 Å². The highest BCUT2D eigenvalue weighted by Gasteiger charge is 2.51. The van der Waals surface area contributed by atoms with Gasteiger partial charge in [0.15, 0.2) is 0 Å². The number of carbonyl (C=O) groups excluding carboxylic acids is 1. The van der Waals surface area contributed by atoms with Crippen LogP contribution in [-0.4, -0.2) is 11.7 Å². The van der Waals surface area contributed by atoms with Crippen LogP contribution in [0.2, 0.25) is 0 Å². The number of nitrogens with zero attached hydrogens (tertiary/aromatic N) is 1. The number of hydrogen-bond acceptors (Lipinski definition) is 3. The highest BCUT2D eigenvalue weighted by Crippen LogP contribution is 2.60. The summed E-state index contributed by atoms with van der Waals surface area (Å²) in [6.45, 7) is 15.5. The molecule has 0 N–H and O–H groups in total. The Bertz CT molecular complexity index is 655. The lowest BCUT2D eigenvalue weighted by Crippen LogP contribution is -2.48. The van der Waals surface area contributed by atoms with E-state index in [0.29, 0.717) is 16.7 Å². The molecule has 1 saturated carbocycles. The largest absolute Gasteiger partial charge is 0.331 e. The van der Waals surface area contributed by atoms with Gasteiger partial charge in [0.1, 0.15) is 0 Å². The molecule has 1 fully saturated rings. The number of rotatable bonds is 7. The van der Waals surface area contributed by atoms with Crippen molar-refractivity contribution in [1.82, 2.24) is 0 Å². The van der Waals surface area contributed by atoms with Gasteiger partial charge in [-0.05, 0) is 88.4 Å². The lowest BCUT2D eigenvalue weighted by atomic mass is 9.48. The Labute approximate surface area is 172 Å². The second kappa shape index (κ2) is 9.41. The third kappa shape index (κ3) is 5.58. The van der Waals surface area contributed by atoms with Crippen LogP contribution in [0.4, 0.5) is 0 Å². The molecule has 0 saturated heterocycles. The number of hydrogen-bond donors (Lipinski definition) is 0. The lowest BCUT2D eigenvalue weighted by molar-refractivity contribution is -0.140. The van der Waals surface area contributed by atoms with Gasteiger partial charge < -0.3 is 4.84 Å². The standard InChI is InChI=1S/C25H41NO2/c1-18(10-8-11-20(3)26-28-21(4)27)12-14-22-19(2)13-15-23-24(5,6)16-9-17-25(22,23)7/h10,13,22-23H,8-9,11-12,14-17H2,1-7H3/b18-10+,26-20-/t22-,23-,25+/m1/s1. The first-order valence-electron chi connectivity index (χ1n) is 11.1. The molecular formula is C25H41NO2. The molecule has 0 aromatic carbocycles. The molecule has 28 heavy (non-hydrogen) atoms. The molecule has 2 rings (SSSR count). The summed E-state index contributed by atoms with van der Waals surface area (Å²) >= 11 is 0. The van der Waals surface area contributed by atoms with E-state index in [4.69, 9.17) is 4.84 Å². The molecule has 0 amide bonds. The van der Waals surface area contributed by atoms with Crippen LogP contribution in [-0.2, 0) is 9.63 Å². The SMILES string of the molecule is CC(=O)O/N=C(/C)CC/C=C(\C)CC[C@@H]1C(C)=CC[C@@H]2C(C)(C)CCC[C@@]12C. The van der Waals surface area contributed by atoms with Crippen LogP contribution in [0.15, 0.2) is 28.5 Å². The van der Waals surface area contributed by atoms with Crippen molar-refractivity contribution in [2.24, 2.45) is 27.8 Å². The van der Waals surface area contributed by atoms with Crippen molar-refractivity contribution in [2.45, 2.75) is 99.8 Å². The molecule has 0 unspecified atom stereocenters. The van der Waals surface area contributed by atoms with Gasteiger partial charge in [-0.2, -0.15) is 0 Å². The predicted octanol–water partition coefficient (Wildman–Crippen LogP) is 7.23. The smallest absolute Gasteiger partial charge is 0.319 e. The van der Waals surface area contributed by atoms with Gasteiger partial charge in [-0.15, -0.1) is 0 Å². The van der Waals surface area contributed by atoms with E-state index in [2.05, 4.69) is 51.9 Å². The van der Waals surface area contributed by atoms with Crippen LogP contribution < -0.4 is 0 Å². The first-order valence-corrected chi connectivity index (χ1v) is 11.1. The van der Waals surface area contributed by atoms with E-state index in [9.17, 15) is 4.79 Å². The number of oxime groups is 1. The highest BCUT2D eigenvalue weighted by molar-refractivity contribution is 5.82. The van der Waals surface area contributed by atoms with Crippen LogP contribution in [0.5, 0.6) is 0 Å². The van der Waals surface area contributed by atoms with Crippen molar-refractivity contribution in [1.29, 1.82) is 0 Å². The second-order valence-corrected chi connectivity index (χ2v) is 10.2. The van der Waals surface area contributed by atoms with Crippen molar-refractivity contribution in [2.75, 3.05) is 0 Å². The molecule has 2 aliphatic rings. The van der Waals surface area contributed by atoms with E-state index in [1.807, 2.05) is 6.92 Å². The normalized spacial score (nSPS) is 30.5. The fourth-order valence-electron chi connectivity index (χ4n) is 5.88. The summed E-state index contributed by atoms with van der Waals surface area (Å²) in [5.74, 6) is 1.16. The minimum atomic E-state index is -0.361. The van der Waals surface area contributed by atoms with Gasteiger partial charge in [0, 0.05) is 6.92 Å². The summed E-state index contributed by atoms with van der Waals surface area (Å²) in [5, 5.41) is 3.85. The Morgan fingerprint density at radius 2 is 1.93 bits per heavy atom. The first-order chi connectivity index (χ1) is 13.1. The molecule has 0 spiro atoms. The van der Waals surface area contributed by atoms with E-state index in [1.165, 1.54) is 51.0 Å². The molecule has 0 aliphatic heterocycles. The van der Waals surface area contributed by atoms with Crippen LogP contribution >= 0.6 is 0 Å². The second-order valence-electron chi connectivity index (χ2n) is 10.2. The summed E-state index contributed by atoms with van der Waals surface area (Å²) in [7, 11) is 0. The zero-order chi connectivity index (χ0) is 20.9. The molecular weight excluding hydrogens is 346 g/mol. The van der Waals surface area contributed by atoms with E-state index in [0.717, 1.165) is 24.5 Å². The highest BCUT2D eigenvalue weighted by atomic mass is 16.7. The van der Waals surface area contributed by atoms with Gasteiger partial charge in [-0.3, -0.25) is 0 Å². The maximum Gasteiger partial charge on any atom is 0.331 e. The van der Waals surface area contributed by atoms with Crippen molar-refractivity contribution in [3.8, 4) is 0 Å². The maximum atomic E-state index is 10.8. The summed E-state index contributed by atoms with van der Waals surface area (Å²) < 4.78 is 0. The average molecular weight is 388 g/mol. The summed E-state index contributed by atoms with van der Waals surface area (Å²) in [5.41, 5.74) is 4.87. The van der Waals surface area contributed by atoms with Gasteiger partial charge in [0.2, 0.25) is 0 Å². The lowest BCUT2D eigenvalue weighted by Gasteiger charge is -2.57. The van der Waals surface area contributed by atoms with E-state index in [1.54, 1.807) is 5.57 Å². The first kappa shape index (κ1) is 22.9. The number of carbonyl (C=O) groups is 1. The van der Waals surface area contributed by atoms with Gasteiger partial charge in [-0.25, -0.2) is 4.79 Å². The summed E-state index contributed by atoms with van der Waals surface area (Å²) in [6, 6.07) is 0. The van der Waals surface area contributed by atoms with Gasteiger partial charge in [0.05, 0.1) is 5.71 Å². The molecule has 0 heterocycles. The average Bonchev–Trinajstić information content (AvgIpc) is 2.58. The summed E-state index contributed by atoms with van der Waals surface area (Å²) in [4.78, 5) is 15.5. The fraction of sp³-hybridized carbons (Fsp3) is 0.760. The Kier molecular flexibility index (Phi) is 7.70. The molecule has 158 valence electrons. The minimum Gasteiger partial charge on any atom is -0.319 e. The Hall–Kier alpha value is -1.38. The van der Waals surface area contributed by atoms with Crippen LogP contribution in [0.3, 0.4) is 0 Å². The van der Waals surface area contributed by atoms with Gasteiger partial charge >= 0.3 is 5.97 Å². The van der Waals surface area contributed by atoms with E-state index < -0.39 is 0 Å². The third-order valence-electron chi connectivity index (χ3n) is 7.45. The Balaban J connectivity index is 1.95. The fourth-order valence-corrected chi connectivity index (χ4v) is 5.88. The summed E-state index contributed by atoms with van der Waals surface area (Å²) in [6.07, 6.45) is 14.5. The van der Waals surface area contributed by atoms with Crippen molar-refractivity contribution in [3.63, 3.8) is 0 Å². The molecule has 3 atom stereocenters. The Morgan fingerprint density at radius 3 is 2.61 bits per heavy atom. The maximum absolute atomic E-state index is 10.8. The van der Waals surface area contributed by atoms with Crippen LogP contribution in [0.1, 0.15) is 99.8 Å². The monoisotopic (exact) mass is 387 g/mol. The molecule has 3 nitrogen and oxygen atoms in total. The molecule has 0 radical (unpaired) electrons. The molecule has 3 heteroatoms. The van der Waals surface area contributed by atoms with Gasteiger partial charge in [-0.1, -0.05) is 55.6 Å². The molecule has 0 aromatic heterocycles. The predicted molar refractivity (Wildman–Crippen MR) is 118 cm³/mol. The quantitative estimate of drug-likeness (QED) is 0.200. The third-order valence-corrected chi connectivity index (χ3v) is 7.45. The Morgan fingerprint density at radius 1 is 1.21 bits per heavy atom. The van der Waals surface area contributed by atoms with E-state index >= 15 is 0 Å². The number of allylic oxidation sites excluding steroid dienone is 4. The molecule has 0 aromatic rings. The molecule has 0 bridgehead atoms. The minimum absolute atomic E-state index is 0.361.